The number of hydrogen-bond acceptors (Lipinski definition) is 6. The summed E-state index contributed by atoms with van der Waals surface area (Å²) < 4.78 is 24.0. The van der Waals surface area contributed by atoms with E-state index < -0.39 is 0 Å². The maximum Gasteiger partial charge on any atom is 0.128 e. The first-order valence-electron chi connectivity index (χ1n) is 13.8. The van der Waals surface area contributed by atoms with Gasteiger partial charge in [-0.3, -0.25) is 0 Å². The van der Waals surface area contributed by atoms with Crippen molar-refractivity contribution in [1.82, 2.24) is 19.9 Å². The number of fused-ring (bicyclic) bond motifs is 3. The molecule has 0 spiro atoms. The van der Waals surface area contributed by atoms with Crippen LogP contribution in [0.2, 0.25) is 0 Å². The fraction of sp³-hybridized carbons (Fsp3) is 0.419. The lowest BCUT2D eigenvalue weighted by Crippen LogP contribution is -2.14. The van der Waals surface area contributed by atoms with Crippen LogP contribution in [0, 0.1) is 5.92 Å². The summed E-state index contributed by atoms with van der Waals surface area (Å²) in [7, 11) is 0. The third-order valence-corrected chi connectivity index (χ3v) is 7.21. The van der Waals surface area contributed by atoms with Gasteiger partial charge in [-0.2, -0.15) is 0 Å². The number of aryl methyl sites for hydroxylation is 1. The van der Waals surface area contributed by atoms with Gasteiger partial charge in [-0.1, -0.05) is 39.8 Å². The predicted molar refractivity (Wildman–Crippen MR) is 152 cm³/mol. The Balaban J connectivity index is 1.54. The highest BCUT2D eigenvalue weighted by molar-refractivity contribution is 5.81. The first kappa shape index (κ1) is 27.0. The molecule has 0 saturated carbocycles. The number of aromatic amines is 2. The molecule has 8 heteroatoms. The number of nitrogens with one attached hydrogen (secondary N) is 2. The maximum atomic E-state index is 6.30. The number of hydrogen-bond donors (Lipinski definition) is 2. The van der Waals surface area contributed by atoms with Crippen LogP contribution in [-0.4, -0.2) is 59.6 Å². The standard InChI is InChI=1S/C31H38N4O4/c1-5-30-32-18-26(34-30)22-6-8-24-25-9-7-23(27-19-33-31(35-27)21(4)20(2)3)17-29(25)39-15-13-37-11-10-36-12-14-38-28(24)16-22/h6-9,16-21H,5,10-15H2,1-4H3,(H,32,34)(H,33,35)/t21-/m1/s1. The number of H-pyrrole nitrogens is 2. The van der Waals surface area contributed by atoms with Crippen molar-refractivity contribution in [2.75, 3.05) is 39.6 Å². The Labute approximate surface area is 230 Å². The van der Waals surface area contributed by atoms with Crippen LogP contribution < -0.4 is 9.47 Å². The van der Waals surface area contributed by atoms with Crippen molar-refractivity contribution < 1.29 is 18.9 Å². The molecular formula is C31H38N4O4. The highest BCUT2D eigenvalue weighted by Gasteiger charge is 2.18. The molecule has 5 rings (SSSR count). The van der Waals surface area contributed by atoms with E-state index >= 15 is 0 Å². The van der Waals surface area contributed by atoms with Crippen LogP contribution in [0.4, 0.5) is 0 Å². The Kier molecular flexibility index (Phi) is 8.64. The monoisotopic (exact) mass is 530 g/mol. The highest BCUT2D eigenvalue weighted by Crippen LogP contribution is 2.41. The molecule has 2 aromatic heterocycles. The van der Waals surface area contributed by atoms with E-state index in [2.05, 4.69) is 84.0 Å². The van der Waals surface area contributed by atoms with E-state index in [1.54, 1.807) is 0 Å². The maximum absolute atomic E-state index is 6.30. The molecule has 2 aromatic carbocycles. The molecule has 0 aliphatic carbocycles. The molecule has 3 heterocycles. The molecule has 2 N–H and O–H groups in total. The second-order valence-electron chi connectivity index (χ2n) is 10.2. The normalized spacial score (nSPS) is 15.5. The minimum Gasteiger partial charge on any atom is -0.491 e. The molecule has 1 atom stereocenters. The zero-order chi connectivity index (χ0) is 27.2. The molecule has 206 valence electrons. The largest absolute Gasteiger partial charge is 0.491 e. The summed E-state index contributed by atoms with van der Waals surface area (Å²) in [6, 6.07) is 12.5. The Morgan fingerprint density at radius 2 is 1.26 bits per heavy atom. The van der Waals surface area contributed by atoms with Crippen molar-refractivity contribution in [2.45, 2.75) is 40.0 Å². The average Bonchev–Trinajstić information content (AvgIpc) is 3.64. The Morgan fingerprint density at radius 1 is 0.718 bits per heavy atom. The molecule has 1 aliphatic rings. The van der Waals surface area contributed by atoms with Gasteiger partial charge in [-0.05, 0) is 30.2 Å². The Morgan fingerprint density at radius 3 is 1.79 bits per heavy atom. The highest BCUT2D eigenvalue weighted by atomic mass is 16.6. The van der Waals surface area contributed by atoms with Gasteiger partial charge >= 0.3 is 0 Å². The molecule has 0 bridgehead atoms. The molecule has 39 heavy (non-hydrogen) atoms. The van der Waals surface area contributed by atoms with Gasteiger partial charge in [0.1, 0.15) is 36.4 Å². The summed E-state index contributed by atoms with van der Waals surface area (Å²) in [6.45, 7) is 11.6. The number of rotatable bonds is 5. The molecule has 0 amide bonds. The van der Waals surface area contributed by atoms with Gasteiger partial charge < -0.3 is 28.9 Å². The average molecular weight is 531 g/mol. The van der Waals surface area contributed by atoms with Crippen molar-refractivity contribution in [3.63, 3.8) is 0 Å². The van der Waals surface area contributed by atoms with E-state index in [0.717, 1.165) is 63.2 Å². The molecule has 0 saturated heterocycles. The van der Waals surface area contributed by atoms with Crippen molar-refractivity contribution >= 4 is 0 Å². The van der Waals surface area contributed by atoms with Gasteiger partial charge in [-0.25, -0.2) is 9.97 Å². The number of imidazole rings is 2. The molecule has 1 aliphatic heterocycles. The first-order valence-corrected chi connectivity index (χ1v) is 13.8. The zero-order valence-electron chi connectivity index (χ0n) is 23.3. The van der Waals surface area contributed by atoms with Crippen LogP contribution >= 0.6 is 0 Å². The van der Waals surface area contributed by atoms with Crippen molar-refractivity contribution in [3.8, 4) is 45.1 Å². The van der Waals surface area contributed by atoms with Gasteiger partial charge in [0.25, 0.3) is 0 Å². The van der Waals surface area contributed by atoms with Crippen LogP contribution in [0.5, 0.6) is 11.5 Å². The summed E-state index contributed by atoms with van der Waals surface area (Å²) in [6.07, 6.45) is 4.62. The van der Waals surface area contributed by atoms with Crippen LogP contribution in [-0.2, 0) is 15.9 Å². The lowest BCUT2D eigenvalue weighted by Gasteiger charge is -2.18. The smallest absolute Gasteiger partial charge is 0.128 e. The summed E-state index contributed by atoms with van der Waals surface area (Å²) >= 11 is 0. The van der Waals surface area contributed by atoms with Gasteiger partial charge in [-0.15, -0.1) is 0 Å². The van der Waals surface area contributed by atoms with E-state index in [1.807, 2.05) is 12.4 Å². The van der Waals surface area contributed by atoms with Crippen LogP contribution in [0.3, 0.4) is 0 Å². The van der Waals surface area contributed by atoms with E-state index in [1.165, 1.54) is 0 Å². The molecular weight excluding hydrogens is 492 g/mol. The fourth-order valence-corrected chi connectivity index (χ4v) is 4.53. The molecule has 0 radical (unpaired) electrons. The molecule has 0 fully saturated rings. The van der Waals surface area contributed by atoms with Crippen molar-refractivity contribution in [2.24, 2.45) is 5.92 Å². The lowest BCUT2D eigenvalue weighted by atomic mass is 9.97. The Hall–Kier alpha value is -3.62. The van der Waals surface area contributed by atoms with E-state index in [9.17, 15) is 0 Å². The molecule has 4 aromatic rings. The second kappa shape index (κ2) is 12.5. The van der Waals surface area contributed by atoms with Crippen LogP contribution in [0.25, 0.3) is 33.6 Å². The predicted octanol–water partition coefficient (Wildman–Crippen LogP) is 6.26. The third-order valence-electron chi connectivity index (χ3n) is 7.21. The van der Waals surface area contributed by atoms with Gasteiger partial charge in [0.05, 0.1) is 50.2 Å². The number of nitrogens with zero attached hydrogens (tertiary/aromatic N) is 2. The van der Waals surface area contributed by atoms with Gasteiger partial charge in [0, 0.05) is 34.6 Å². The number of benzene rings is 2. The third kappa shape index (κ3) is 6.34. The SMILES string of the molecule is CCc1ncc(-c2ccc3c(c2)OCCOCCOCCOc2cc(-c4cnc([C@H](C)C(C)C)[nH]4)ccc2-3)[nH]1. The first-order chi connectivity index (χ1) is 19.0. The van der Waals surface area contributed by atoms with Crippen LogP contribution in [0.15, 0.2) is 48.8 Å². The summed E-state index contributed by atoms with van der Waals surface area (Å²) in [5.74, 6) is 4.33. The quantitative estimate of drug-likeness (QED) is 0.316. The van der Waals surface area contributed by atoms with Crippen molar-refractivity contribution in [1.29, 1.82) is 0 Å². The summed E-state index contributed by atoms with van der Waals surface area (Å²) in [5.41, 5.74) is 5.86. The summed E-state index contributed by atoms with van der Waals surface area (Å²) in [5, 5.41) is 0. The molecule has 8 nitrogen and oxygen atoms in total. The van der Waals surface area contributed by atoms with Gasteiger partial charge in [0.15, 0.2) is 0 Å². The topological polar surface area (TPSA) is 94.3 Å². The minimum absolute atomic E-state index is 0.343. The number of ether oxygens (including phenoxy) is 4. The van der Waals surface area contributed by atoms with E-state index in [0.29, 0.717) is 51.5 Å². The summed E-state index contributed by atoms with van der Waals surface area (Å²) in [4.78, 5) is 16.0. The minimum atomic E-state index is 0.343. The van der Waals surface area contributed by atoms with E-state index in [-0.39, 0.29) is 0 Å². The van der Waals surface area contributed by atoms with Crippen molar-refractivity contribution in [3.05, 3.63) is 60.4 Å². The lowest BCUT2D eigenvalue weighted by molar-refractivity contribution is 0.0271. The zero-order valence-corrected chi connectivity index (χ0v) is 23.3. The second-order valence-corrected chi connectivity index (χ2v) is 10.2. The molecule has 0 unspecified atom stereocenters. The van der Waals surface area contributed by atoms with E-state index in [4.69, 9.17) is 18.9 Å². The Bertz CT molecular complexity index is 1380. The fourth-order valence-electron chi connectivity index (χ4n) is 4.53. The number of aromatic nitrogens is 4. The van der Waals surface area contributed by atoms with Crippen LogP contribution in [0.1, 0.15) is 45.3 Å². The van der Waals surface area contributed by atoms with Gasteiger partial charge in [0.2, 0.25) is 0 Å².